The normalized spacial score (nSPS) is 16.0. The molecule has 2 heterocycles. The number of hydrogen-bond donors (Lipinski definition) is 0. The lowest BCUT2D eigenvalue weighted by Crippen LogP contribution is -2.37. The first-order chi connectivity index (χ1) is 10.3. The molecule has 1 aromatic carbocycles. The van der Waals surface area contributed by atoms with E-state index < -0.39 is 0 Å². The Balaban J connectivity index is 1.79. The molecular formula is C13H17N5O2S. The molecule has 1 fully saturated rings. The van der Waals surface area contributed by atoms with Crippen molar-refractivity contribution in [1.82, 2.24) is 24.7 Å². The molecule has 8 heteroatoms. The van der Waals surface area contributed by atoms with E-state index in [1.54, 1.807) is 16.5 Å². The van der Waals surface area contributed by atoms with Gasteiger partial charge in [0.2, 0.25) is 4.77 Å². The zero-order valence-corrected chi connectivity index (χ0v) is 12.6. The highest BCUT2D eigenvalue weighted by Crippen LogP contribution is 2.14. The average molecular weight is 307 g/mol. The van der Waals surface area contributed by atoms with Gasteiger partial charge in [0.1, 0.15) is 5.75 Å². The molecule has 1 aliphatic rings. The Hall–Kier alpha value is -1.77. The smallest absolute Gasteiger partial charge is 0.221 e. The van der Waals surface area contributed by atoms with Gasteiger partial charge in [-0.05, 0) is 46.9 Å². The topological polar surface area (TPSA) is 57.3 Å². The molecule has 21 heavy (non-hydrogen) atoms. The van der Waals surface area contributed by atoms with Gasteiger partial charge in [-0.15, -0.1) is 0 Å². The highest BCUT2D eigenvalue weighted by molar-refractivity contribution is 7.71. The molecule has 0 unspecified atom stereocenters. The van der Waals surface area contributed by atoms with E-state index in [0.29, 0.717) is 11.4 Å². The molecule has 0 N–H and O–H groups in total. The summed E-state index contributed by atoms with van der Waals surface area (Å²) in [6, 6.07) is 7.56. The predicted octanol–water partition coefficient (Wildman–Crippen LogP) is 1.10. The van der Waals surface area contributed by atoms with Gasteiger partial charge in [-0.1, -0.05) is 0 Å². The van der Waals surface area contributed by atoms with E-state index in [1.165, 1.54) is 0 Å². The van der Waals surface area contributed by atoms with Gasteiger partial charge in [-0.2, -0.15) is 4.68 Å². The minimum Gasteiger partial charge on any atom is -0.497 e. The van der Waals surface area contributed by atoms with Crippen molar-refractivity contribution < 1.29 is 9.47 Å². The van der Waals surface area contributed by atoms with Gasteiger partial charge >= 0.3 is 0 Å². The molecule has 112 valence electrons. The summed E-state index contributed by atoms with van der Waals surface area (Å²) in [4.78, 5) is 2.24. The Kier molecular flexibility index (Phi) is 4.28. The number of morpholine rings is 1. The zero-order chi connectivity index (χ0) is 14.7. The summed E-state index contributed by atoms with van der Waals surface area (Å²) in [6.45, 7) is 3.91. The molecule has 0 spiro atoms. The molecular weight excluding hydrogens is 290 g/mol. The van der Waals surface area contributed by atoms with E-state index in [0.717, 1.165) is 37.7 Å². The third-order valence-electron chi connectivity index (χ3n) is 3.39. The summed E-state index contributed by atoms with van der Waals surface area (Å²) in [5.74, 6) is 0.797. The van der Waals surface area contributed by atoms with Crippen LogP contribution in [-0.2, 0) is 11.4 Å². The Bertz CT molecular complexity index is 645. The van der Waals surface area contributed by atoms with Gasteiger partial charge in [0.15, 0.2) is 0 Å². The Morgan fingerprint density at radius 3 is 2.57 bits per heavy atom. The fourth-order valence-electron chi connectivity index (χ4n) is 2.18. The monoisotopic (exact) mass is 307 g/mol. The van der Waals surface area contributed by atoms with Gasteiger partial charge in [0, 0.05) is 13.1 Å². The number of nitrogens with zero attached hydrogens (tertiary/aromatic N) is 5. The van der Waals surface area contributed by atoms with Gasteiger partial charge in [0.25, 0.3) is 0 Å². The lowest BCUT2D eigenvalue weighted by Gasteiger charge is -2.25. The molecule has 0 saturated carbocycles. The summed E-state index contributed by atoms with van der Waals surface area (Å²) in [5.41, 5.74) is 0.869. The number of hydrogen-bond acceptors (Lipinski definition) is 6. The number of benzene rings is 1. The molecule has 0 atom stereocenters. The first-order valence-corrected chi connectivity index (χ1v) is 7.16. The number of aromatic nitrogens is 4. The van der Waals surface area contributed by atoms with Crippen molar-refractivity contribution in [3.05, 3.63) is 29.0 Å². The third kappa shape index (κ3) is 3.12. The summed E-state index contributed by atoms with van der Waals surface area (Å²) in [5, 5.41) is 8.27. The maximum Gasteiger partial charge on any atom is 0.221 e. The van der Waals surface area contributed by atoms with Crippen LogP contribution < -0.4 is 4.74 Å². The maximum absolute atomic E-state index is 5.45. The highest BCUT2D eigenvalue weighted by Gasteiger charge is 2.13. The molecule has 3 rings (SSSR count). The van der Waals surface area contributed by atoms with E-state index in [1.807, 2.05) is 24.3 Å². The van der Waals surface area contributed by atoms with Crippen LogP contribution in [0.15, 0.2) is 24.3 Å². The van der Waals surface area contributed by atoms with E-state index in [9.17, 15) is 0 Å². The second-order valence-corrected chi connectivity index (χ2v) is 5.11. The van der Waals surface area contributed by atoms with Crippen LogP contribution >= 0.6 is 12.2 Å². The van der Waals surface area contributed by atoms with Crippen LogP contribution in [0, 0.1) is 4.77 Å². The molecule has 1 saturated heterocycles. The summed E-state index contributed by atoms with van der Waals surface area (Å²) in [7, 11) is 1.64. The largest absolute Gasteiger partial charge is 0.497 e. The van der Waals surface area contributed by atoms with E-state index in [2.05, 4.69) is 15.3 Å². The molecule has 2 aromatic rings. The number of tetrazole rings is 1. The quantitative estimate of drug-likeness (QED) is 0.788. The Labute approximate surface area is 127 Å². The van der Waals surface area contributed by atoms with Gasteiger partial charge in [0.05, 0.1) is 32.7 Å². The van der Waals surface area contributed by atoms with Crippen LogP contribution in [0.4, 0.5) is 0 Å². The first kappa shape index (κ1) is 14.2. The zero-order valence-electron chi connectivity index (χ0n) is 11.8. The van der Waals surface area contributed by atoms with Crippen LogP contribution in [0.5, 0.6) is 5.75 Å². The second kappa shape index (κ2) is 6.33. The van der Waals surface area contributed by atoms with Crippen LogP contribution in [-0.4, -0.2) is 58.1 Å². The minimum atomic E-state index is 0.576. The second-order valence-electron chi connectivity index (χ2n) is 4.74. The van der Waals surface area contributed by atoms with Crippen molar-refractivity contribution in [1.29, 1.82) is 0 Å². The van der Waals surface area contributed by atoms with Gasteiger partial charge in [-0.3, -0.25) is 4.90 Å². The van der Waals surface area contributed by atoms with Gasteiger partial charge < -0.3 is 9.47 Å². The molecule has 1 aromatic heterocycles. The van der Waals surface area contributed by atoms with Crippen molar-refractivity contribution in [3.8, 4) is 11.4 Å². The van der Waals surface area contributed by atoms with Crippen molar-refractivity contribution in [2.75, 3.05) is 33.4 Å². The predicted molar refractivity (Wildman–Crippen MR) is 79.1 cm³/mol. The summed E-state index contributed by atoms with van der Waals surface area (Å²) >= 11 is 5.45. The van der Waals surface area contributed by atoms with Crippen molar-refractivity contribution in [2.24, 2.45) is 0 Å². The Morgan fingerprint density at radius 2 is 1.90 bits per heavy atom. The standard InChI is InChI=1S/C13H17N5O2S/c1-19-12-4-2-11(3-5-12)18-13(21)17(14-15-18)10-16-6-8-20-9-7-16/h2-5H,6-10H2,1H3. The van der Waals surface area contributed by atoms with E-state index in [-0.39, 0.29) is 0 Å². The van der Waals surface area contributed by atoms with Crippen LogP contribution in [0.2, 0.25) is 0 Å². The van der Waals surface area contributed by atoms with Crippen LogP contribution in [0.25, 0.3) is 5.69 Å². The van der Waals surface area contributed by atoms with Crippen LogP contribution in [0.3, 0.4) is 0 Å². The molecule has 1 aliphatic heterocycles. The lowest BCUT2D eigenvalue weighted by atomic mass is 10.3. The molecule has 0 radical (unpaired) electrons. The SMILES string of the molecule is COc1ccc(-n2nnn(CN3CCOCC3)c2=S)cc1. The van der Waals surface area contributed by atoms with Crippen molar-refractivity contribution in [2.45, 2.75) is 6.67 Å². The number of ether oxygens (including phenoxy) is 2. The molecule has 0 amide bonds. The van der Waals surface area contributed by atoms with Crippen molar-refractivity contribution in [3.63, 3.8) is 0 Å². The number of rotatable bonds is 4. The van der Waals surface area contributed by atoms with Crippen molar-refractivity contribution >= 4 is 12.2 Å². The lowest BCUT2D eigenvalue weighted by molar-refractivity contribution is 0.0207. The molecule has 7 nitrogen and oxygen atoms in total. The summed E-state index contributed by atoms with van der Waals surface area (Å²) in [6.07, 6.45) is 0. The van der Waals surface area contributed by atoms with E-state index in [4.69, 9.17) is 21.7 Å². The third-order valence-corrected chi connectivity index (χ3v) is 3.78. The molecule has 0 aliphatic carbocycles. The maximum atomic E-state index is 5.45. The molecule has 0 bridgehead atoms. The fourth-order valence-corrected chi connectivity index (χ4v) is 2.42. The van der Waals surface area contributed by atoms with Gasteiger partial charge in [-0.25, -0.2) is 4.68 Å². The first-order valence-electron chi connectivity index (χ1n) is 6.75. The minimum absolute atomic E-state index is 0.576. The number of methoxy groups -OCH3 is 1. The van der Waals surface area contributed by atoms with E-state index >= 15 is 0 Å². The Morgan fingerprint density at radius 1 is 1.19 bits per heavy atom. The highest BCUT2D eigenvalue weighted by atomic mass is 32.1. The average Bonchev–Trinajstić information content (AvgIpc) is 2.89. The fraction of sp³-hybridized carbons (Fsp3) is 0.462. The summed E-state index contributed by atoms with van der Waals surface area (Å²) < 4.78 is 14.4. The van der Waals surface area contributed by atoms with Crippen LogP contribution in [0.1, 0.15) is 0 Å².